The number of anilines is 1. The number of halogens is 2. The van der Waals surface area contributed by atoms with E-state index in [4.69, 9.17) is 9.72 Å². The molecule has 0 bridgehead atoms. The Balaban J connectivity index is 1.67. The molecule has 10 nitrogen and oxygen atoms in total. The molecule has 6 rings (SSSR count). The fourth-order valence-corrected chi connectivity index (χ4v) is 5.78. The summed E-state index contributed by atoms with van der Waals surface area (Å²) in [6, 6.07) is 7.22. The second-order valence-electron chi connectivity index (χ2n) is 12.2. The van der Waals surface area contributed by atoms with Crippen molar-refractivity contribution >= 4 is 27.8 Å². The van der Waals surface area contributed by atoms with Crippen LogP contribution in [0.25, 0.3) is 38.9 Å². The third-order valence-corrected chi connectivity index (χ3v) is 7.65. The van der Waals surface area contributed by atoms with Gasteiger partial charge in [0.1, 0.15) is 11.6 Å². The standard InChI is InChI=1S/C29H33F2N7O3/c1-28(2,3)25-33-19-10-18(16-12-32-34(5)13-16)23(41-26(30)31)11-20(19)38(25)17-8-21-24(36(7)27(39)35(21)6)22(9-17)37-14-29(4,40)15-37/h8-13,26,40H,14-15H2,1-7H3. The number of β-amino-alcohol motifs (C(OH)–C–C–N with tert-alkyl or cyclic N) is 1. The Bertz CT molecular complexity index is 1880. The molecule has 0 amide bonds. The van der Waals surface area contributed by atoms with Crippen molar-refractivity contribution in [1.82, 2.24) is 28.5 Å². The first-order valence-electron chi connectivity index (χ1n) is 13.3. The van der Waals surface area contributed by atoms with Crippen LogP contribution in [-0.2, 0) is 26.6 Å². The van der Waals surface area contributed by atoms with Crippen molar-refractivity contribution in [1.29, 1.82) is 0 Å². The maximum Gasteiger partial charge on any atom is 0.387 e. The Hall–Kier alpha value is -4.19. The predicted octanol–water partition coefficient (Wildman–Crippen LogP) is 4.09. The van der Waals surface area contributed by atoms with Crippen LogP contribution in [0.15, 0.2) is 41.5 Å². The van der Waals surface area contributed by atoms with Gasteiger partial charge >= 0.3 is 12.3 Å². The molecule has 216 valence electrons. The first kappa shape index (κ1) is 27.0. The highest BCUT2D eigenvalue weighted by atomic mass is 19.3. The molecule has 4 heterocycles. The topological polar surface area (TPSA) is 95.3 Å². The van der Waals surface area contributed by atoms with Crippen LogP contribution >= 0.6 is 0 Å². The number of aryl methyl sites for hydroxylation is 3. The molecular weight excluding hydrogens is 532 g/mol. The molecule has 1 aliphatic heterocycles. The quantitative estimate of drug-likeness (QED) is 0.345. The maximum atomic E-state index is 13.6. The molecule has 3 aromatic heterocycles. The van der Waals surface area contributed by atoms with Gasteiger partial charge in [-0.1, -0.05) is 20.8 Å². The lowest BCUT2D eigenvalue weighted by molar-refractivity contribution is -0.0493. The van der Waals surface area contributed by atoms with Gasteiger partial charge in [0.2, 0.25) is 0 Å². The van der Waals surface area contributed by atoms with Gasteiger partial charge in [-0.25, -0.2) is 9.78 Å². The summed E-state index contributed by atoms with van der Waals surface area (Å²) in [5.74, 6) is 0.718. The number of alkyl halides is 2. The highest BCUT2D eigenvalue weighted by Crippen LogP contribution is 2.41. The number of ether oxygens (including phenoxy) is 1. The summed E-state index contributed by atoms with van der Waals surface area (Å²) in [6.07, 6.45) is 3.33. The minimum atomic E-state index is -3.03. The molecule has 1 aliphatic rings. The molecule has 41 heavy (non-hydrogen) atoms. The molecule has 5 aromatic rings. The van der Waals surface area contributed by atoms with Gasteiger partial charge in [-0.2, -0.15) is 13.9 Å². The lowest BCUT2D eigenvalue weighted by Gasteiger charge is -2.46. The van der Waals surface area contributed by atoms with Gasteiger partial charge in [-0.05, 0) is 25.1 Å². The van der Waals surface area contributed by atoms with Crippen molar-refractivity contribution in [3.05, 3.63) is 53.0 Å². The van der Waals surface area contributed by atoms with Crippen LogP contribution in [0.4, 0.5) is 14.5 Å². The van der Waals surface area contributed by atoms with E-state index in [2.05, 4.69) is 5.10 Å². The SMILES string of the molecule is Cn1cc(-c2cc3nc(C(C)(C)C)n(-c4cc(N5CC(C)(O)C5)c5c(c4)n(C)c(=O)n5C)c3cc2OC(F)F)cn1. The Labute approximate surface area is 235 Å². The van der Waals surface area contributed by atoms with E-state index < -0.39 is 17.6 Å². The molecule has 0 saturated carbocycles. The Morgan fingerprint density at radius 3 is 2.34 bits per heavy atom. The average Bonchev–Trinajstić information content (AvgIpc) is 3.52. The number of benzene rings is 2. The van der Waals surface area contributed by atoms with Crippen LogP contribution in [0, 0.1) is 0 Å². The maximum absolute atomic E-state index is 13.6. The number of hydrogen-bond donors (Lipinski definition) is 1. The van der Waals surface area contributed by atoms with Gasteiger partial charge in [-0.15, -0.1) is 0 Å². The van der Waals surface area contributed by atoms with E-state index >= 15 is 0 Å². The third kappa shape index (κ3) is 4.37. The smallest absolute Gasteiger partial charge is 0.387 e. The van der Waals surface area contributed by atoms with Gasteiger partial charge in [0.15, 0.2) is 0 Å². The van der Waals surface area contributed by atoms with Crippen molar-refractivity contribution in [2.45, 2.75) is 45.3 Å². The van der Waals surface area contributed by atoms with E-state index in [9.17, 15) is 18.7 Å². The van der Waals surface area contributed by atoms with Crippen LogP contribution in [0.5, 0.6) is 5.75 Å². The van der Waals surface area contributed by atoms with E-state index in [0.29, 0.717) is 52.3 Å². The average molecular weight is 566 g/mol. The van der Waals surface area contributed by atoms with Gasteiger partial charge in [0, 0.05) is 63.0 Å². The number of aromatic nitrogens is 6. The van der Waals surface area contributed by atoms with E-state index in [-0.39, 0.29) is 11.4 Å². The lowest BCUT2D eigenvalue weighted by Crippen LogP contribution is -2.60. The summed E-state index contributed by atoms with van der Waals surface area (Å²) >= 11 is 0. The first-order chi connectivity index (χ1) is 19.1. The van der Waals surface area contributed by atoms with Crippen molar-refractivity contribution < 1.29 is 18.6 Å². The number of aliphatic hydroxyl groups is 1. The Morgan fingerprint density at radius 1 is 1.05 bits per heavy atom. The Morgan fingerprint density at radius 2 is 1.76 bits per heavy atom. The van der Waals surface area contributed by atoms with Gasteiger partial charge in [0.25, 0.3) is 0 Å². The number of fused-ring (bicyclic) bond motifs is 2. The highest BCUT2D eigenvalue weighted by molar-refractivity contribution is 5.94. The molecule has 0 atom stereocenters. The van der Waals surface area contributed by atoms with Crippen molar-refractivity contribution in [3.63, 3.8) is 0 Å². The first-order valence-corrected chi connectivity index (χ1v) is 13.3. The minimum Gasteiger partial charge on any atom is -0.434 e. The van der Waals surface area contributed by atoms with Gasteiger partial charge < -0.3 is 14.7 Å². The third-order valence-electron chi connectivity index (χ3n) is 7.65. The van der Waals surface area contributed by atoms with Gasteiger partial charge in [0.05, 0.1) is 45.2 Å². The molecule has 2 aromatic carbocycles. The number of rotatable bonds is 5. The van der Waals surface area contributed by atoms with E-state index in [1.807, 2.05) is 42.4 Å². The molecule has 12 heteroatoms. The largest absolute Gasteiger partial charge is 0.434 e. The predicted molar refractivity (Wildman–Crippen MR) is 153 cm³/mol. The zero-order chi connectivity index (χ0) is 29.6. The fraction of sp³-hybridized carbons (Fsp3) is 0.414. The van der Waals surface area contributed by atoms with E-state index in [1.54, 1.807) is 66.4 Å². The minimum absolute atomic E-state index is 0.00862. The molecule has 0 aliphatic carbocycles. The molecule has 0 radical (unpaired) electrons. The zero-order valence-electron chi connectivity index (χ0n) is 24.1. The monoisotopic (exact) mass is 565 g/mol. The van der Waals surface area contributed by atoms with E-state index in [1.165, 1.54) is 0 Å². The highest BCUT2D eigenvalue weighted by Gasteiger charge is 2.38. The number of nitrogens with zero attached hydrogens (tertiary/aromatic N) is 7. The summed E-state index contributed by atoms with van der Waals surface area (Å²) in [6.45, 7) is 5.68. The molecule has 1 N–H and O–H groups in total. The van der Waals surface area contributed by atoms with Gasteiger partial charge in [-0.3, -0.25) is 18.4 Å². The second kappa shape index (κ2) is 8.90. The molecule has 0 unspecified atom stereocenters. The van der Waals surface area contributed by atoms with Crippen LogP contribution in [0.2, 0.25) is 0 Å². The number of imidazole rings is 2. The van der Waals surface area contributed by atoms with E-state index in [0.717, 1.165) is 11.2 Å². The number of hydrogen-bond acceptors (Lipinski definition) is 6. The zero-order valence-corrected chi connectivity index (χ0v) is 24.1. The lowest BCUT2D eigenvalue weighted by atomic mass is 9.95. The van der Waals surface area contributed by atoms with Crippen molar-refractivity contribution in [3.8, 4) is 22.6 Å². The summed E-state index contributed by atoms with van der Waals surface area (Å²) in [7, 11) is 5.20. The Kier molecular flexibility index (Phi) is 5.86. The fourth-order valence-electron chi connectivity index (χ4n) is 5.78. The van der Waals surface area contributed by atoms with Crippen molar-refractivity contribution in [2.75, 3.05) is 18.0 Å². The second-order valence-corrected chi connectivity index (χ2v) is 12.2. The van der Waals surface area contributed by atoms with Crippen LogP contribution < -0.4 is 15.3 Å². The van der Waals surface area contributed by atoms with Crippen LogP contribution in [-0.4, -0.2) is 58.9 Å². The summed E-state index contributed by atoms with van der Waals surface area (Å²) < 4.78 is 39.0. The molecule has 0 spiro atoms. The van der Waals surface area contributed by atoms with Crippen LogP contribution in [0.1, 0.15) is 33.5 Å². The normalized spacial score (nSPS) is 15.3. The van der Waals surface area contributed by atoms with Crippen molar-refractivity contribution in [2.24, 2.45) is 21.1 Å². The molecule has 1 fully saturated rings. The summed E-state index contributed by atoms with van der Waals surface area (Å²) in [4.78, 5) is 20.0. The summed E-state index contributed by atoms with van der Waals surface area (Å²) in [5.41, 5.74) is 3.79. The molecule has 1 saturated heterocycles. The van der Waals surface area contributed by atoms with Crippen LogP contribution in [0.3, 0.4) is 0 Å². The summed E-state index contributed by atoms with van der Waals surface area (Å²) in [5, 5.41) is 14.7. The molecular formula is C29H33F2N7O3.